The lowest BCUT2D eigenvalue weighted by molar-refractivity contribution is 0.481. The van der Waals surface area contributed by atoms with E-state index in [1.165, 1.54) is 48.5 Å². The molecule has 30 heteroatoms. The van der Waals surface area contributed by atoms with Crippen LogP contribution >= 0.6 is 11.3 Å². The molecule has 2 heterocycles. The van der Waals surface area contributed by atoms with Gasteiger partial charge in [-0.3, -0.25) is 22.9 Å². The van der Waals surface area contributed by atoms with E-state index < -0.39 is 66.0 Å². The van der Waals surface area contributed by atoms with Gasteiger partial charge in [-0.15, -0.1) is 20.5 Å². The van der Waals surface area contributed by atoms with Gasteiger partial charge in [0.15, 0.2) is 16.6 Å². The number of rotatable bonds is 16. The third-order valence-corrected chi connectivity index (χ3v) is 18.0. The second-order valence-corrected chi connectivity index (χ2v) is 26.0. The number of nitrogens with one attached hydrogen (secondary N) is 3. The van der Waals surface area contributed by atoms with Gasteiger partial charge in [0.25, 0.3) is 50.5 Å². The minimum Gasteiger partial charge on any atom is -0.339 e. The normalized spacial score (nSPS) is 12.6. The van der Waals surface area contributed by atoms with Crippen molar-refractivity contribution in [2.24, 2.45) is 20.5 Å². The highest BCUT2D eigenvalue weighted by Gasteiger charge is 2.25. The molecule has 0 amide bonds. The first-order chi connectivity index (χ1) is 38.7. The number of hydrogen-bond donors (Lipinski definition) is 7. The van der Waals surface area contributed by atoms with E-state index in [4.69, 9.17) is 4.98 Å². The van der Waals surface area contributed by atoms with Gasteiger partial charge in [0.05, 0.1) is 31.6 Å². The van der Waals surface area contributed by atoms with E-state index in [-0.39, 0.29) is 75.4 Å². The van der Waals surface area contributed by atoms with Crippen molar-refractivity contribution in [3.8, 4) is 17.3 Å². The summed E-state index contributed by atoms with van der Waals surface area (Å²) in [6.07, 6.45) is 0. The molecule has 0 spiro atoms. The highest BCUT2D eigenvalue weighted by molar-refractivity contribution is 7.92. The van der Waals surface area contributed by atoms with Crippen LogP contribution < -0.4 is 15.4 Å². The molecule has 0 bridgehead atoms. The third kappa shape index (κ3) is 12.0. The fourth-order valence-electron chi connectivity index (χ4n) is 8.43. The summed E-state index contributed by atoms with van der Waals surface area (Å²) in [5, 5.41) is 36.9. The van der Waals surface area contributed by atoms with Crippen LogP contribution in [-0.2, 0) is 50.5 Å². The zero-order valence-corrected chi connectivity index (χ0v) is 46.4. The number of hydrogen-bond acceptors (Lipinski definition) is 20. The molecule has 0 saturated carbocycles. The smallest absolute Gasteiger partial charge is 0.295 e. The number of nitriles is 1. The van der Waals surface area contributed by atoms with Gasteiger partial charge in [0, 0.05) is 33.3 Å². The van der Waals surface area contributed by atoms with Crippen molar-refractivity contribution in [1.29, 1.82) is 5.26 Å². The van der Waals surface area contributed by atoms with Crippen molar-refractivity contribution in [2.45, 2.75) is 31.4 Å². The molecule has 0 aliphatic heterocycles. The van der Waals surface area contributed by atoms with Crippen molar-refractivity contribution in [1.82, 2.24) is 9.97 Å². The molecule has 0 aliphatic rings. The van der Waals surface area contributed by atoms with Crippen LogP contribution in [0.3, 0.4) is 0 Å². The van der Waals surface area contributed by atoms with Crippen molar-refractivity contribution in [3.05, 3.63) is 169 Å². The summed E-state index contributed by atoms with van der Waals surface area (Å²) in [6.45, 7) is 1.57. The number of benzene rings is 8. The van der Waals surface area contributed by atoms with Gasteiger partial charge < -0.3 is 10.6 Å². The minimum atomic E-state index is -5.04. The summed E-state index contributed by atoms with van der Waals surface area (Å²) in [5.74, 6) is -0.0175. The molecule has 414 valence electrons. The predicted molar refractivity (Wildman–Crippen MR) is 305 cm³/mol. The maximum Gasteiger partial charge on any atom is 0.295 e. The zero-order valence-electron chi connectivity index (χ0n) is 41.5. The number of fused-ring (bicyclic) bond motifs is 3. The SMILES string of the molecule is Cc1c(C#N)c(Nc2ccc(S(=O)(=O)O)cc2)nc(Nc2ccc(S(=O)(=O)O)cc2)c1/N=N/c1nc(-c2ccc3ccccc3c2)c(/N=N/c2ccc3cc(S(=O)(=O)Nc4cc(S(=O)(=O)O)c5cccc(S(=O)(=O)O)c5c4)ccc3c2)s1. The van der Waals surface area contributed by atoms with Crippen LogP contribution in [0.25, 0.3) is 43.6 Å². The standard InChI is InChI=1S/C52H36N10O14S6/c1-29-44(28-53)49(54-35-14-19-39(20-15-35)79(65,66)67)57-50(55-36-16-21-40(22-17-36)80(68,69)70)47(29)59-61-52-56-48(34-10-9-30-5-2-3-6-31(30)23-34)51(77-52)60-58-37-13-11-33-25-41(18-12-32(33)24-37)78(63,64)62-38-26-43-42(46(27-38)82(74,75)76)7-4-8-45(43)81(71,72)73/h2-27,62H,1H3,(H2,54,55,57)(H,65,66,67)(H,68,69,70)(H,71,72,73)(H,74,75,76)/b60-58+,61-59+. The second kappa shape index (κ2) is 21.5. The molecular formula is C52H36N10O14S6. The van der Waals surface area contributed by atoms with Crippen molar-refractivity contribution in [2.75, 3.05) is 15.4 Å². The van der Waals surface area contributed by atoms with Crippen LogP contribution in [0.2, 0.25) is 0 Å². The topological polar surface area (TPSA) is 387 Å². The summed E-state index contributed by atoms with van der Waals surface area (Å²) in [5.41, 5.74) is 1.68. The molecule has 2 aromatic heterocycles. The van der Waals surface area contributed by atoms with Gasteiger partial charge in [0.2, 0.25) is 5.13 Å². The first kappa shape index (κ1) is 56.3. The molecular weight excluding hydrogens is 1180 g/mol. The molecule has 7 N–H and O–H groups in total. The number of sulfonamides is 1. The van der Waals surface area contributed by atoms with Crippen LogP contribution in [0, 0.1) is 18.3 Å². The first-order valence-electron chi connectivity index (χ1n) is 23.3. The highest BCUT2D eigenvalue weighted by atomic mass is 32.2. The molecule has 0 aliphatic carbocycles. The Morgan fingerprint density at radius 1 is 0.500 bits per heavy atom. The van der Waals surface area contributed by atoms with Crippen LogP contribution in [0.1, 0.15) is 11.1 Å². The average Bonchev–Trinajstić information content (AvgIpc) is 2.60. The van der Waals surface area contributed by atoms with E-state index >= 15 is 0 Å². The van der Waals surface area contributed by atoms with E-state index in [0.29, 0.717) is 27.7 Å². The van der Waals surface area contributed by atoms with E-state index in [1.807, 2.05) is 42.5 Å². The molecule has 0 fully saturated rings. The maximum absolute atomic E-state index is 13.8. The van der Waals surface area contributed by atoms with Crippen molar-refractivity contribution in [3.63, 3.8) is 0 Å². The maximum atomic E-state index is 13.8. The van der Waals surface area contributed by atoms with Gasteiger partial charge in [-0.25, -0.2) is 18.4 Å². The Kier molecular flexibility index (Phi) is 14.7. The van der Waals surface area contributed by atoms with E-state index in [1.54, 1.807) is 25.1 Å². The van der Waals surface area contributed by atoms with Gasteiger partial charge >= 0.3 is 0 Å². The molecule has 0 unspecified atom stereocenters. The molecule has 0 atom stereocenters. The summed E-state index contributed by atoms with van der Waals surface area (Å²) in [6, 6.07) is 39.2. The summed E-state index contributed by atoms with van der Waals surface area (Å²) in [7, 11) is -23.6. The molecule has 0 saturated heterocycles. The number of anilines is 5. The van der Waals surface area contributed by atoms with Crippen molar-refractivity contribution < 1.29 is 60.3 Å². The Morgan fingerprint density at radius 2 is 1.09 bits per heavy atom. The number of azo groups is 2. The van der Waals surface area contributed by atoms with Crippen LogP contribution in [0.5, 0.6) is 0 Å². The zero-order chi connectivity index (χ0) is 58.5. The Bertz CT molecular complexity index is 5000. The molecule has 8 aromatic carbocycles. The quantitative estimate of drug-likeness (QED) is 0.0349. The largest absolute Gasteiger partial charge is 0.339 e. The molecule has 10 rings (SSSR count). The minimum absolute atomic E-state index is 0.00326. The predicted octanol–water partition coefficient (Wildman–Crippen LogP) is 12.0. The average molecular weight is 1220 g/mol. The number of pyridine rings is 1. The lowest BCUT2D eigenvalue weighted by atomic mass is 10.1. The monoisotopic (exact) mass is 1220 g/mol. The van der Waals surface area contributed by atoms with Crippen LogP contribution in [-0.4, -0.2) is 70.3 Å². The Hall–Kier alpha value is -9.00. The van der Waals surface area contributed by atoms with Gasteiger partial charge in [0.1, 0.15) is 27.2 Å². The summed E-state index contributed by atoms with van der Waals surface area (Å²) >= 11 is 0.995. The Morgan fingerprint density at radius 3 is 1.72 bits per heavy atom. The Labute approximate surface area is 470 Å². The molecule has 10 aromatic rings. The van der Waals surface area contributed by atoms with Crippen LogP contribution in [0.15, 0.2) is 203 Å². The van der Waals surface area contributed by atoms with Gasteiger partial charge in [-0.1, -0.05) is 72.0 Å². The molecule has 0 radical (unpaired) electrons. The first-order valence-corrected chi connectivity index (χ1v) is 31.3. The van der Waals surface area contributed by atoms with Gasteiger partial charge in [-0.05, 0) is 126 Å². The molecule has 82 heavy (non-hydrogen) atoms. The molecule has 24 nitrogen and oxygen atoms in total. The Balaban J connectivity index is 0.992. The number of thiazole rings is 1. The van der Waals surface area contributed by atoms with E-state index in [0.717, 1.165) is 70.6 Å². The second-order valence-electron chi connectivity index (χ2n) is 17.7. The lowest BCUT2D eigenvalue weighted by Crippen LogP contribution is -2.14. The fraction of sp³-hybridized carbons (Fsp3) is 0.0192. The van der Waals surface area contributed by atoms with Gasteiger partial charge in [-0.2, -0.15) is 38.9 Å². The summed E-state index contributed by atoms with van der Waals surface area (Å²) in [4.78, 5) is 6.82. The lowest BCUT2D eigenvalue weighted by Gasteiger charge is -2.16. The van der Waals surface area contributed by atoms with E-state index in [9.17, 15) is 65.6 Å². The third-order valence-electron chi connectivity index (χ3n) is 12.3. The number of aromatic nitrogens is 2. The number of nitrogens with zero attached hydrogens (tertiary/aromatic N) is 7. The van der Waals surface area contributed by atoms with Crippen molar-refractivity contribution >= 4 is 144 Å². The fourth-order valence-corrected chi connectivity index (χ4v) is 12.6. The van der Waals surface area contributed by atoms with E-state index in [2.05, 4.69) is 46.9 Å². The summed E-state index contributed by atoms with van der Waals surface area (Å²) < 4.78 is 165. The van der Waals surface area contributed by atoms with Crippen LogP contribution in [0.4, 0.5) is 50.2 Å². The highest BCUT2D eigenvalue weighted by Crippen LogP contribution is 2.44.